The maximum Gasteiger partial charge on any atom is 0.337 e. The number of methoxy groups -OCH3 is 1. The van der Waals surface area contributed by atoms with E-state index in [-0.39, 0.29) is 5.92 Å². The van der Waals surface area contributed by atoms with E-state index in [4.69, 9.17) is 4.74 Å². The van der Waals surface area contributed by atoms with Crippen LogP contribution in [0.25, 0.3) is 6.08 Å². The maximum atomic E-state index is 11.6. The monoisotopic (exact) mass is 362 g/mol. The highest BCUT2D eigenvalue weighted by Gasteiger charge is 2.10. The summed E-state index contributed by atoms with van der Waals surface area (Å²) in [4.78, 5) is 45.8. The van der Waals surface area contributed by atoms with Gasteiger partial charge in [-0.05, 0) is 29.7 Å². The van der Waals surface area contributed by atoms with Crippen LogP contribution in [0.5, 0.6) is 0 Å². The van der Waals surface area contributed by atoms with E-state index in [1.165, 1.54) is 13.2 Å². The van der Waals surface area contributed by atoms with Crippen LogP contribution in [0, 0.1) is 5.92 Å². The zero-order valence-corrected chi connectivity index (χ0v) is 14.9. The lowest BCUT2D eigenvalue weighted by Gasteiger charge is -2.08. The molecule has 2 N–H and O–H groups in total. The molecule has 0 aliphatic carbocycles. The van der Waals surface area contributed by atoms with Gasteiger partial charge >= 0.3 is 18.0 Å². The average Bonchev–Trinajstić information content (AvgIpc) is 2.62. The summed E-state index contributed by atoms with van der Waals surface area (Å²) in [5, 5.41) is 4.56. The molecule has 0 fully saturated rings. The summed E-state index contributed by atoms with van der Waals surface area (Å²) in [6, 6.07) is 5.73. The van der Waals surface area contributed by atoms with E-state index in [1.54, 1.807) is 24.3 Å². The Labute approximate surface area is 151 Å². The number of imide groups is 1. The van der Waals surface area contributed by atoms with Crippen molar-refractivity contribution in [3.63, 3.8) is 0 Å². The molecule has 1 rings (SSSR count). The molecule has 8 heteroatoms. The minimum absolute atomic E-state index is 0.250. The van der Waals surface area contributed by atoms with Gasteiger partial charge in [0.25, 0.3) is 5.91 Å². The van der Waals surface area contributed by atoms with Crippen LogP contribution in [0.15, 0.2) is 30.3 Å². The van der Waals surface area contributed by atoms with Crippen LogP contribution >= 0.6 is 0 Å². The largest absolute Gasteiger partial charge is 0.465 e. The van der Waals surface area contributed by atoms with Gasteiger partial charge in [-0.1, -0.05) is 26.0 Å². The van der Waals surface area contributed by atoms with Crippen LogP contribution < -0.4 is 10.6 Å². The molecule has 0 heterocycles. The van der Waals surface area contributed by atoms with Gasteiger partial charge in [-0.15, -0.1) is 0 Å². The number of urea groups is 1. The van der Waals surface area contributed by atoms with Crippen molar-refractivity contribution >= 4 is 30.0 Å². The maximum absolute atomic E-state index is 11.6. The zero-order chi connectivity index (χ0) is 19.5. The minimum atomic E-state index is -0.736. The fraction of sp³-hybridized carbons (Fsp3) is 0.333. The summed E-state index contributed by atoms with van der Waals surface area (Å²) in [7, 11) is 1.29. The zero-order valence-electron chi connectivity index (χ0n) is 14.9. The highest BCUT2D eigenvalue weighted by Crippen LogP contribution is 2.07. The SMILES string of the molecule is COC(=O)c1ccc(/C=C/C(=O)OCC(=O)NC(=O)NCC(C)C)cc1. The van der Waals surface area contributed by atoms with Gasteiger partial charge in [0, 0.05) is 12.6 Å². The Kier molecular flexibility index (Phi) is 8.56. The molecular formula is C18H22N2O6. The van der Waals surface area contributed by atoms with Crippen LogP contribution in [0.2, 0.25) is 0 Å². The van der Waals surface area contributed by atoms with E-state index in [0.717, 1.165) is 6.08 Å². The van der Waals surface area contributed by atoms with Gasteiger partial charge in [0.1, 0.15) is 0 Å². The van der Waals surface area contributed by atoms with Gasteiger partial charge in [0.2, 0.25) is 0 Å². The molecule has 0 bridgehead atoms. The third-order valence-electron chi connectivity index (χ3n) is 3.01. The van der Waals surface area contributed by atoms with Crippen molar-refractivity contribution in [1.29, 1.82) is 0 Å². The Balaban J connectivity index is 2.39. The smallest absolute Gasteiger partial charge is 0.337 e. The molecule has 8 nitrogen and oxygen atoms in total. The molecule has 0 aliphatic rings. The molecule has 3 amide bonds. The number of carbonyl (C=O) groups is 4. The number of hydrogen-bond acceptors (Lipinski definition) is 6. The molecule has 0 saturated carbocycles. The first kappa shape index (κ1) is 20.9. The van der Waals surface area contributed by atoms with E-state index < -0.39 is 30.5 Å². The number of carbonyl (C=O) groups excluding carboxylic acids is 4. The summed E-state index contributed by atoms with van der Waals surface area (Å²) >= 11 is 0. The first-order chi connectivity index (χ1) is 12.3. The molecule has 1 aromatic carbocycles. The second-order valence-electron chi connectivity index (χ2n) is 5.71. The number of rotatable bonds is 7. The molecule has 0 saturated heterocycles. The lowest BCUT2D eigenvalue weighted by atomic mass is 10.1. The van der Waals surface area contributed by atoms with Crippen molar-refractivity contribution in [2.24, 2.45) is 5.92 Å². The molecule has 1 aromatic rings. The standard InChI is InChI=1S/C18H22N2O6/c1-12(2)10-19-18(24)20-15(21)11-26-16(22)9-6-13-4-7-14(8-5-13)17(23)25-3/h4-9,12H,10-11H2,1-3H3,(H2,19,20,21,24)/b9-6+. The molecule has 140 valence electrons. The van der Waals surface area contributed by atoms with E-state index >= 15 is 0 Å². The Morgan fingerprint density at radius 2 is 1.77 bits per heavy atom. The van der Waals surface area contributed by atoms with E-state index in [0.29, 0.717) is 17.7 Å². The number of amides is 3. The van der Waals surface area contributed by atoms with Crippen molar-refractivity contribution < 1.29 is 28.7 Å². The lowest BCUT2D eigenvalue weighted by Crippen LogP contribution is -2.42. The highest BCUT2D eigenvalue weighted by molar-refractivity contribution is 5.96. The lowest BCUT2D eigenvalue weighted by molar-refractivity contribution is -0.143. The van der Waals surface area contributed by atoms with Crippen LogP contribution in [-0.2, 0) is 19.1 Å². The van der Waals surface area contributed by atoms with E-state index in [2.05, 4.69) is 15.4 Å². The molecule has 0 atom stereocenters. The van der Waals surface area contributed by atoms with Gasteiger partial charge in [-0.3, -0.25) is 10.1 Å². The second kappa shape index (κ2) is 10.7. The average molecular weight is 362 g/mol. The quantitative estimate of drug-likeness (QED) is 0.562. The Morgan fingerprint density at radius 3 is 2.35 bits per heavy atom. The van der Waals surface area contributed by atoms with Gasteiger partial charge in [0.05, 0.1) is 12.7 Å². The van der Waals surface area contributed by atoms with Gasteiger partial charge in [0.15, 0.2) is 6.61 Å². The Bertz CT molecular complexity index is 679. The van der Waals surface area contributed by atoms with Gasteiger partial charge in [-0.25, -0.2) is 14.4 Å². The predicted molar refractivity (Wildman–Crippen MR) is 94.2 cm³/mol. The number of benzene rings is 1. The summed E-state index contributed by atoms with van der Waals surface area (Å²) in [5.74, 6) is -1.67. The molecule has 0 spiro atoms. The molecule has 0 aromatic heterocycles. The molecule has 0 aliphatic heterocycles. The number of hydrogen-bond donors (Lipinski definition) is 2. The highest BCUT2D eigenvalue weighted by atomic mass is 16.5. The first-order valence-electron chi connectivity index (χ1n) is 7.92. The summed E-state index contributed by atoms with van der Waals surface area (Å²) in [6.07, 6.45) is 2.61. The molecular weight excluding hydrogens is 340 g/mol. The molecule has 0 unspecified atom stereocenters. The Hall–Kier alpha value is -3.16. The number of esters is 2. The van der Waals surface area contributed by atoms with Crippen LogP contribution in [0.1, 0.15) is 29.8 Å². The number of nitrogens with one attached hydrogen (secondary N) is 2. The van der Waals surface area contributed by atoms with E-state index in [1.807, 2.05) is 13.8 Å². The fourth-order valence-corrected chi connectivity index (χ4v) is 1.70. The number of ether oxygens (including phenoxy) is 2. The van der Waals surface area contributed by atoms with Crippen molar-refractivity contribution in [2.75, 3.05) is 20.3 Å². The first-order valence-corrected chi connectivity index (χ1v) is 7.92. The van der Waals surface area contributed by atoms with Crippen LogP contribution in [0.4, 0.5) is 4.79 Å². The molecule has 26 heavy (non-hydrogen) atoms. The summed E-state index contributed by atoms with van der Waals surface area (Å²) in [6.45, 7) is 3.69. The third kappa shape index (κ3) is 8.09. The van der Waals surface area contributed by atoms with Crippen molar-refractivity contribution in [3.05, 3.63) is 41.5 Å². The Morgan fingerprint density at radius 1 is 1.12 bits per heavy atom. The van der Waals surface area contributed by atoms with Gasteiger partial charge in [-0.2, -0.15) is 0 Å². The fourth-order valence-electron chi connectivity index (χ4n) is 1.70. The summed E-state index contributed by atoms with van der Waals surface area (Å²) < 4.78 is 9.33. The van der Waals surface area contributed by atoms with Crippen molar-refractivity contribution in [1.82, 2.24) is 10.6 Å². The van der Waals surface area contributed by atoms with Crippen molar-refractivity contribution in [3.8, 4) is 0 Å². The van der Waals surface area contributed by atoms with Gasteiger partial charge < -0.3 is 14.8 Å². The topological polar surface area (TPSA) is 111 Å². The van der Waals surface area contributed by atoms with Crippen LogP contribution in [0.3, 0.4) is 0 Å². The second-order valence-corrected chi connectivity index (χ2v) is 5.71. The predicted octanol–water partition coefficient (Wildman–Crippen LogP) is 1.51. The third-order valence-corrected chi connectivity index (χ3v) is 3.01. The van der Waals surface area contributed by atoms with E-state index in [9.17, 15) is 19.2 Å². The minimum Gasteiger partial charge on any atom is -0.465 e. The normalized spacial score (nSPS) is 10.5. The van der Waals surface area contributed by atoms with Crippen molar-refractivity contribution in [2.45, 2.75) is 13.8 Å². The van der Waals surface area contributed by atoms with Crippen LogP contribution in [-0.4, -0.2) is 44.1 Å². The summed E-state index contributed by atoms with van der Waals surface area (Å²) in [5.41, 5.74) is 1.05. The molecule has 0 radical (unpaired) electrons.